The van der Waals surface area contributed by atoms with Gasteiger partial charge in [-0.2, -0.15) is 0 Å². The quantitative estimate of drug-likeness (QED) is 0.902. The van der Waals surface area contributed by atoms with Gasteiger partial charge in [0.25, 0.3) is 0 Å². The molecule has 2 atom stereocenters. The molecule has 1 aliphatic heterocycles. The summed E-state index contributed by atoms with van der Waals surface area (Å²) in [4.78, 5) is 11.2. The number of aromatic nitrogens is 2. The maximum Gasteiger partial charge on any atom is 0.150 e. The number of rotatable bonds is 2. The third-order valence-corrected chi connectivity index (χ3v) is 4.71. The highest BCUT2D eigenvalue weighted by Gasteiger charge is 2.27. The second-order valence-corrected chi connectivity index (χ2v) is 5.93. The van der Waals surface area contributed by atoms with Gasteiger partial charge in [-0.1, -0.05) is 0 Å². The fourth-order valence-electron chi connectivity index (χ4n) is 2.65. The Morgan fingerprint density at radius 2 is 2.33 bits per heavy atom. The van der Waals surface area contributed by atoms with E-state index >= 15 is 0 Å². The number of thiophene rings is 1. The van der Waals surface area contributed by atoms with Crippen LogP contribution in [0.1, 0.15) is 19.8 Å². The van der Waals surface area contributed by atoms with E-state index in [2.05, 4.69) is 33.2 Å². The lowest BCUT2D eigenvalue weighted by molar-refractivity contribution is 0.372. The second-order valence-electron chi connectivity index (χ2n) is 5.01. The summed E-state index contributed by atoms with van der Waals surface area (Å²) in [6.07, 6.45) is 4.09. The zero-order chi connectivity index (χ0) is 12.5. The number of piperidine rings is 1. The first-order valence-electron chi connectivity index (χ1n) is 6.44. The van der Waals surface area contributed by atoms with E-state index in [1.54, 1.807) is 17.7 Å². The summed E-state index contributed by atoms with van der Waals surface area (Å²) >= 11 is 1.72. The van der Waals surface area contributed by atoms with Crippen molar-refractivity contribution in [3.8, 4) is 0 Å². The number of anilines is 1. The zero-order valence-electron chi connectivity index (χ0n) is 10.5. The van der Waals surface area contributed by atoms with Gasteiger partial charge in [0.2, 0.25) is 0 Å². The molecular formula is C13H18N4S. The van der Waals surface area contributed by atoms with Crippen LogP contribution in [-0.2, 0) is 0 Å². The van der Waals surface area contributed by atoms with Gasteiger partial charge in [-0.25, -0.2) is 9.97 Å². The molecular weight excluding hydrogens is 244 g/mol. The Bertz CT molecular complexity index is 539. The van der Waals surface area contributed by atoms with Crippen LogP contribution < -0.4 is 10.6 Å². The largest absolute Gasteiger partial charge is 0.352 e. The molecule has 0 spiro atoms. The molecule has 2 aromatic rings. The first kappa shape index (κ1) is 11.9. The van der Waals surface area contributed by atoms with Crippen molar-refractivity contribution in [3.63, 3.8) is 0 Å². The van der Waals surface area contributed by atoms with E-state index in [4.69, 9.17) is 5.73 Å². The fraction of sp³-hybridized carbons (Fsp3) is 0.538. The van der Waals surface area contributed by atoms with Crippen LogP contribution >= 0.6 is 11.3 Å². The molecule has 0 aromatic carbocycles. The molecule has 2 aromatic heterocycles. The van der Waals surface area contributed by atoms with Gasteiger partial charge in [0.05, 0.1) is 10.2 Å². The van der Waals surface area contributed by atoms with Gasteiger partial charge in [0, 0.05) is 12.6 Å². The summed E-state index contributed by atoms with van der Waals surface area (Å²) in [5.41, 5.74) is 6.87. The Morgan fingerprint density at radius 1 is 1.44 bits per heavy atom. The predicted octanol–water partition coefficient (Wildman–Crippen LogP) is 2.25. The molecule has 0 radical (unpaired) electrons. The Hall–Kier alpha value is -1.20. The molecule has 1 fully saturated rings. The maximum absolute atomic E-state index is 5.82. The van der Waals surface area contributed by atoms with E-state index in [-0.39, 0.29) is 0 Å². The molecule has 96 valence electrons. The van der Waals surface area contributed by atoms with Crippen molar-refractivity contribution >= 4 is 27.4 Å². The van der Waals surface area contributed by atoms with Crippen LogP contribution in [0.5, 0.6) is 0 Å². The standard InChI is InChI=1S/C13H18N4S/c1-9-2-3-10(6-14)7-17(9)13-12-11(4-5-18-12)15-8-16-13/h4-5,8-10H,2-3,6-7,14H2,1H3. The highest BCUT2D eigenvalue weighted by molar-refractivity contribution is 7.17. The molecule has 0 aliphatic carbocycles. The molecule has 0 bridgehead atoms. The summed E-state index contributed by atoms with van der Waals surface area (Å²) in [5.74, 6) is 1.67. The van der Waals surface area contributed by atoms with Crippen molar-refractivity contribution in [3.05, 3.63) is 17.8 Å². The van der Waals surface area contributed by atoms with Crippen LogP contribution in [0.2, 0.25) is 0 Å². The topological polar surface area (TPSA) is 55.0 Å². The molecule has 5 heteroatoms. The Kier molecular flexibility index (Phi) is 3.18. The Morgan fingerprint density at radius 3 is 3.17 bits per heavy atom. The van der Waals surface area contributed by atoms with Crippen molar-refractivity contribution in [2.75, 3.05) is 18.0 Å². The van der Waals surface area contributed by atoms with Crippen molar-refractivity contribution in [1.29, 1.82) is 0 Å². The van der Waals surface area contributed by atoms with Crippen LogP contribution in [0, 0.1) is 5.92 Å². The minimum Gasteiger partial charge on any atom is -0.352 e. The lowest BCUT2D eigenvalue weighted by atomic mass is 9.93. The molecule has 0 amide bonds. The van der Waals surface area contributed by atoms with E-state index in [0.29, 0.717) is 12.0 Å². The van der Waals surface area contributed by atoms with Gasteiger partial charge >= 0.3 is 0 Å². The number of hydrogen-bond donors (Lipinski definition) is 1. The molecule has 3 rings (SSSR count). The van der Waals surface area contributed by atoms with E-state index in [9.17, 15) is 0 Å². The summed E-state index contributed by atoms with van der Waals surface area (Å²) in [7, 11) is 0. The second kappa shape index (κ2) is 4.82. The van der Waals surface area contributed by atoms with Crippen LogP contribution in [0.4, 0.5) is 5.82 Å². The normalized spacial score (nSPS) is 24.7. The highest BCUT2D eigenvalue weighted by atomic mass is 32.1. The van der Waals surface area contributed by atoms with Crippen LogP contribution in [0.15, 0.2) is 17.8 Å². The number of nitrogens with zero attached hydrogens (tertiary/aromatic N) is 3. The van der Waals surface area contributed by atoms with Gasteiger partial charge in [-0.3, -0.25) is 0 Å². The third-order valence-electron chi connectivity index (χ3n) is 3.81. The van der Waals surface area contributed by atoms with Crippen molar-refractivity contribution in [2.45, 2.75) is 25.8 Å². The average molecular weight is 262 g/mol. The molecule has 4 nitrogen and oxygen atoms in total. The van der Waals surface area contributed by atoms with Gasteiger partial charge in [-0.05, 0) is 43.7 Å². The summed E-state index contributed by atoms with van der Waals surface area (Å²) in [6.45, 7) is 4.05. The zero-order valence-corrected chi connectivity index (χ0v) is 11.4. The molecule has 2 N–H and O–H groups in total. The van der Waals surface area contributed by atoms with Gasteiger partial charge in [0.15, 0.2) is 0 Å². The Labute approximate surface area is 111 Å². The smallest absolute Gasteiger partial charge is 0.150 e. The molecule has 1 aliphatic rings. The van der Waals surface area contributed by atoms with Crippen molar-refractivity contribution < 1.29 is 0 Å². The molecule has 3 heterocycles. The monoisotopic (exact) mass is 262 g/mol. The third kappa shape index (κ3) is 1.97. The molecule has 2 unspecified atom stereocenters. The molecule has 0 saturated carbocycles. The van der Waals surface area contributed by atoms with Gasteiger partial charge < -0.3 is 10.6 Å². The van der Waals surface area contributed by atoms with E-state index in [0.717, 1.165) is 24.4 Å². The minimum absolute atomic E-state index is 0.535. The Balaban J connectivity index is 1.99. The first-order chi connectivity index (χ1) is 8.79. The van der Waals surface area contributed by atoms with Gasteiger partial charge in [-0.15, -0.1) is 11.3 Å². The molecule has 1 saturated heterocycles. The lowest BCUT2D eigenvalue weighted by Crippen LogP contribution is -2.44. The van der Waals surface area contributed by atoms with Crippen LogP contribution in [0.3, 0.4) is 0 Å². The maximum atomic E-state index is 5.82. The minimum atomic E-state index is 0.535. The van der Waals surface area contributed by atoms with E-state index in [1.807, 2.05) is 0 Å². The predicted molar refractivity (Wildman–Crippen MR) is 76.0 cm³/mol. The fourth-order valence-corrected chi connectivity index (χ4v) is 3.50. The number of hydrogen-bond acceptors (Lipinski definition) is 5. The highest BCUT2D eigenvalue weighted by Crippen LogP contribution is 2.32. The van der Waals surface area contributed by atoms with Crippen LogP contribution in [-0.4, -0.2) is 29.1 Å². The summed E-state index contributed by atoms with van der Waals surface area (Å²) in [5, 5.41) is 2.08. The summed E-state index contributed by atoms with van der Waals surface area (Å²) < 4.78 is 1.20. The lowest BCUT2D eigenvalue weighted by Gasteiger charge is -2.38. The van der Waals surface area contributed by atoms with E-state index in [1.165, 1.54) is 17.5 Å². The molecule has 18 heavy (non-hydrogen) atoms. The summed E-state index contributed by atoms with van der Waals surface area (Å²) in [6, 6.07) is 2.59. The number of fused-ring (bicyclic) bond motifs is 1. The first-order valence-corrected chi connectivity index (χ1v) is 7.32. The van der Waals surface area contributed by atoms with E-state index < -0.39 is 0 Å². The SMILES string of the molecule is CC1CCC(CN)CN1c1ncnc2ccsc12. The van der Waals surface area contributed by atoms with Crippen molar-refractivity contribution in [2.24, 2.45) is 11.7 Å². The van der Waals surface area contributed by atoms with Gasteiger partial charge in [0.1, 0.15) is 12.1 Å². The van der Waals surface area contributed by atoms with Crippen molar-refractivity contribution in [1.82, 2.24) is 9.97 Å². The average Bonchev–Trinajstić information content (AvgIpc) is 2.87. The van der Waals surface area contributed by atoms with Crippen LogP contribution in [0.25, 0.3) is 10.2 Å². The number of nitrogens with two attached hydrogens (primary N) is 1.